The Hall–Kier alpha value is -1.29. The van der Waals surface area contributed by atoms with Gasteiger partial charge < -0.3 is 15.7 Å². The largest absolute Gasteiger partial charge is 0.397 e. The van der Waals surface area contributed by atoms with Crippen LogP contribution in [0.15, 0.2) is 12.1 Å². The second-order valence-corrected chi connectivity index (χ2v) is 4.13. The maximum Gasteiger partial charge on any atom is 0.128 e. The van der Waals surface area contributed by atoms with Crippen molar-refractivity contribution in [3.8, 4) is 0 Å². The van der Waals surface area contributed by atoms with Crippen molar-refractivity contribution in [3.05, 3.63) is 17.8 Å². The molecule has 1 aromatic heterocycles. The van der Waals surface area contributed by atoms with Gasteiger partial charge in [-0.3, -0.25) is 0 Å². The van der Waals surface area contributed by atoms with Crippen LogP contribution < -0.4 is 10.6 Å². The zero-order valence-corrected chi connectivity index (χ0v) is 8.98. The van der Waals surface area contributed by atoms with Gasteiger partial charge in [0, 0.05) is 25.6 Å². The molecule has 4 nitrogen and oxygen atoms in total. The summed E-state index contributed by atoms with van der Waals surface area (Å²) in [4.78, 5) is 6.64. The summed E-state index contributed by atoms with van der Waals surface area (Å²) in [5, 5.41) is 9.06. The Morgan fingerprint density at radius 3 is 3.00 bits per heavy atom. The Bertz CT molecular complexity index is 354. The first-order valence-corrected chi connectivity index (χ1v) is 5.29. The number of rotatable bonds is 2. The van der Waals surface area contributed by atoms with E-state index in [0.717, 1.165) is 36.7 Å². The van der Waals surface area contributed by atoms with Gasteiger partial charge in [0.25, 0.3) is 0 Å². The molecule has 82 valence electrons. The number of aromatic nitrogens is 1. The highest BCUT2D eigenvalue weighted by atomic mass is 16.3. The van der Waals surface area contributed by atoms with Crippen molar-refractivity contribution in [2.45, 2.75) is 13.3 Å². The molecule has 0 aromatic carbocycles. The number of aliphatic hydroxyl groups is 1. The van der Waals surface area contributed by atoms with Gasteiger partial charge in [0.2, 0.25) is 0 Å². The van der Waals surface area contributed by atoms with Gasteiger partial charge in [-0.15, -0.1) is 0 Å². The number of nitrogens with two attached hydrogens (primary N) is 1. The maximum absolute atomic E-state index is 9.06. The van der Waals surface area contributed by atoms with Crippen LogP contribution in [0.1, 0.15) is 12.1 Å². The fraction of sp³-hybridized carbons (Fsp3) is 0.545. The molecular formula is C11H17N3O. The average Bonchev–Trinajstić information content (AvgIpc) is 2.70. The molecule has 3 N–H and O–H groups in total. The number of nitrogen functional groups attached to an aromatic ring is 1. The van der Waals surface area contributed by atoms with Crippen molar-refractivity contribution < 1.29 is 5.11 Å². The van der Waals surface area contributed by atoms with Crippen LogP contribution in [-0.2, 0) is 0 Å². The Kier molecular flexibility index (Phi) is 2.77. The monoisotopic (exact) mass is 207 g/mol. The van der Waals surface area contributed by atoms with Crippen molar-refractivity contribution in [3.63, 3.8) is 0 Å². The number of aryl methyl sites for hydroxylation is 1. The van der Waals surface area contributed by atoms with Gasteiger partial charge in [-0.25, -0.2) is 4.98 Å². The summed E-state index contributed by atoms with van der Waals surface area (Å²) in [6, 6.07) is 3.84. The molecule has 0 aliphatic carbocycles. The van der Waals surface area contributed by atoms with Gasteiger partial charge in [0.05, 0.1) is 11.4 Å². The van der Waals surface area contributed by atoms with Gasteiger partial charge in [0.15, 0.2) is 0 Å². The van der Waals surface area contributed by atoms with E-state index in [-0.39, 0.29) is 6.61 Å². The molecule has 1 atom stereocenters. The SMILES string of the molecule is Cc1nc(N2CCC(CO)C2)ccc1N. The molecule has 0 saturated carbocycles. The second kappa shape index (κ2) is 4.06. The lowest BCUT2D eigenvalue weighted by Gasteiger charge is -2.17. The van der Waals surface area contributed by atoms with Gasteiger partial charge >= 0.3 is 0 Å². The first-order chi connectivity index (χ1) is 7.20. The van der Waals surface area contributed by atoms with Crippen LogP contribution in [0.4, 0.5) is 11.5 Å². The molecule has 1 aliphatic heterocycles. The summed E-state index contributed by atoms with van der Waals surface area (Å²) in [6.45, 7) is 4.05. The van der Waals surface area contributed by atoms with Crippen molar-refractivity contribution in [1.29, 1.82) is 0 Å². The van der Waals surface area contributed by atoms with Gasteiger partial charge in [-0.1, -0.05) is 0 Å². The first kappa shape index (κ1) is 10.2. The first-order valence-electron chi connectivity index (χ1n) is 5.29. The van der Waals surface area contributed by atoms with Gasteiger partial charge in [-0.2, -0.15) is 0 Å². The number of nitrogens with zero attached hydrogens (tertiary/aromatic N) is 2. The lowest BCUT2D eigenvalue weighted by Crippen LogP contribution is -2.22. The molecule has 0 radical (unpaired) electrons. The minimum atomic E-state index is 0.268. The average molecular weight is 207 g/mol. The number of hydrogen-bond donors (Lipinski definition) is 2. The second-order valence-electron chi connectivity index (χ2n) is 4.13. The summed E-state index contributed by atoms with van der Waals surface area (Å²) in [5.74, 6) is 1.36. The molecule has 2 rings (SSSR count). The van der Waals surface area contributed by atoms with Crippen molar-refractivity contribution in [2.75, 3.05) is 30.3 Å². The quantitative estimate of drug-likeness (QED) is 0.752. The molecule has 1 unspecified atom stereocenters. The molecule has 15 heavy (non-hydrogen) atoms. The predicted octanol–water partition coefficient (Wildman–Crippen LogP) is 0.791. The molecule has 1 saturated heterocycles. The third kappa shape index (κ3) is 2.04. The molecule has 0 spiro atoms. The summed E-state index contributed by atoms with van der Waals surface area (Å²) in [7, 11) is 0. The van der Waals surface area contributed by atoms with Crippen LogP contribution in [0.5, 0.6) is 0 Å². The summed E-state index contributed by atoms with van der Waals surface area (Å²) >= 11 is 0. The topological polar surface area (TPSA) is 62.4 Å². The molecular weight excluding hydrogens is 190 g/mol. The summed E-state index contributed by atoms with van der Waals surface area (Å²) in [5.41, 5.74) is 7.33. The fourth-order valence-electron chi connectivity index (χ4n) is 1.92. The number of pyridine rings is 1. The van der Waals surface area contributed by atoms with Crippen molar-refractivity contribution >= 4 is 11.5 Å². The van der Waals surface area contributed by atoms with E-state index < -0.39 is 0 Å². The maximum atomic E-state index is 9.06. The Balaban J connectivity index is 2.13. The molecule has 1 fully saturated rings. The number of hydrogen-bond acceptors (Lipinski definition) is 4. The van der Waals surface area contributed by atoms with E-state index in [4.69, 9.17) is 10.8 Å². The van der Waals surface area contributed by atoms with E-state index in [1.54, 1.807) is 0 Å². The zero-order chi connectivity index (χ0) is 10.8. The standard InChI is InChI=1S/C11H17N3O/c1-8-10(12)2-3-11(13-8)14-5-4-9(6-14)7-15/h2-3,9,15H,4-7,12H2,1H3. The summed E-state index contributed by atoms with van der Waals surface area (Å²) < 4.78 is 0. The van der Waals surface area contributed by atoms with E-state index >= 15 is 0 Å². The van der Waals surface area contributed by atoms with E-state index in [2.05, 4.69) is 9.88 Å². The van der Waals surface area contributed by atoms with Crippen LogP contribution in [0.3, 0.4) is 0 Å². The van der Waals surface area contributed by atoms with E-state index in [1.807, 2.05) is 19.1 Å². The lowest BCUT2D eigenvalue weighted by atomic mass is 10.1. The lowest BCUT2D eigenvalue weighted by molar-refractivity contribution is 0.238. The third-order valence-electron chi connectivity index (χ3n) is 2.98. The highest BCUT2D eigenvalue weighted by molar-refractivity contribution is 5.50. The van der Waals surface area contributed by atoms with Crippen LogP contribution in [0.2, 0.25) is 0 Å². The van der Waals surface area contributed by atoms with E-state index in [1.165, 1.54) is 0 Å². The van der Waals surface area contributed by atoms with Crippen LogP contribution in [0, 0.1) is 12.8 Å². The highest BCUT2D eigenvalue weighted by Gasteiger charge is 2.22. The number of aliphatic hydroxyl groups excluding tert-OH is 1. The fourth-order valence-corrected chi connectivity index (χ4v) is 1.92. The minimum absolute atomic E-state index is 0.268. The van der Waals surface area contributed by atoms with Crippen LogP contribution in [-0.4, -0.2) is 29.8 Å². The Morgan fingerprint density at radius 2 is 2.40 bits per heavy atom. The third-order valence-corrected chi connectivity index (χ3v) is 2.98. The number of anilines is 2. The van der Waals surface area contributed by atoms with Gasteiger partial charge in [-0.05, 0) is 25.5 Å². The van der Waals surface area contributed by atoms with Gasteiger partial charge in [0.1, 0.15) is 5.82 Å². The van der Waals surface area contributed by atoms with E-state index in [9.17, 15) is 0 Å². The molecule has 0 amide bonds. The normalized spacial score (nSPS) is 20.9. The zero-order valence-electron chi connectivity index (χ0n) is 8.98. The van der Waals surface area contributed by atoms with Crippen LogP contribution in [0.25, 0.3) is 0 Å². The smallest absolute Gasteiger partial charge is 0.128 e. The molecule has 1 aliphatic rings. The van der Waals surface area contributed by atoms with Crippen molar-refractivity contribution in [2.24, 2.45) is 5.92 Å². The van der Waals surface area contributed by atoms with Crippen molar-refractivity contribution in [1.82, 2.24) is 4.98 Å². The molecule has 2 heterocycles. The molecule has 4 heteroatoms. The van der Waals surface area contributed by atoms with Crippen LogP contribution >= 0.6 is 0 Å². The predicted molar refractivity (Wildman–Crippen MR) is 60.8 cm³/mol. The summed E-state index contributed by atoms with van der Waals surface area (Å²) in [6.07, 6.45) is 1.04. The highest BCUT2D eigenvalue weighted by Crippen LogP contribution is 2.23. The Labute approximate surface area is 89.7 Å². The molecule has 0 bridgehead atoms. The Morgan fingerprint density at radius 1 is 1.60 bits per heavy atom. The van der Waals surface area contributed by atoms with E-state index in [0.29, 0.717) is 5.92 Å². The minimum Gasteiger partial charge on any atom is -0.397 e. The molecule has 1 aromatic rings.